The lowest BCUT2D eigenvalue weighted by Gasteiger charge is -2.33. The zero-order valence-corrected chi connectivity index (χ0v) is 17.5. The van der Waals surface area contributed by atoms with Crippen molar-refractivity contribution in [3.8, 4) is 11.1 Å². The van der Waals surface area contributed by atoms with E-state index in [0.29, 0.717) is 24.2 Å². The molecular weight excluding hydrogens is 380 g/mol. The topological polar surface area (TPSA) is 89.9 Å². The average Bonchev–Trinajstić information content (AvgIpc) is 3.26. The van der Waals surface area contributed by atoms with Crippen LogP contribution in [0, 0.1) is 0 Å². The highest BCUT2D eigenvalue weighted by Gasteiger charge is 2.25. The first-order chi connectivity index (χ1) is 14.4. The summed E-state index contributed by atoms with van der Waals surface area (Å²) in [7, 11) is 0. The number of nitrogens with zero attached hydrogens (tertiary/aromatic N) is 1. The van der Waals surface area contributed by atoms with Crippen LogP contribution in [0.3, 0.4) is 0 Å². The Labute approximate surface area is 177 Å². The number of carboxylic acids is 2. The molecule has 0 radical (unpaired) electrons. The van der Waals surface area contributed by atoms with Gasteiger partial charge in [-0.2, -0.15) is 0 Å². The maximum absolute atomic E-state index is 9.55. The molecule has 3 N–H and O–H groups in total. The molecule has 3 rings (SSSR count). The van der Waals surface area contributed by atoms with Crippen molar-refractivity contribution in [3.05, 3.63) is 72.3 Å². The molecule has 30 heavy (non-hydrogen) atoms. The Bertz CT molecular complexity index is 827. The van der Waals surface area contributed by atoms with Crippen LogP contribution < -0.4 is 5.32 Å². The summed E-state index contributed by atoms with van der Waals surface area (Å²) in [6, 6.07) is 20.8. The fourth-order valence-electron chi connectivity index (χ4n) is 3.55. The number of rotatable bonds is 7. The van der Waals surface area contributed by atoms with Gasteiger partial charge in [0.2, 0.25) is 0 Å². The second-order valence-electron chi connectivity index (χ2n) is 7.45. The van der Waals surface area contributed by atoms with Gasteiger partial charge in [0, 0.05) is 37.3 Å². The van der Waals surface area contributed by atoms with E-state index >= 15 is 0 Å². The maximum atomic E-state index is 9.55. The highest BCUT2D eigenvalue weighted by Crippen LogP contribution is 2.26. The van der Waals surface area contributed by atoms with Gasteiger partial charge in [-0.25, -0.2) is 9.59 Å². The summed E-state index contributed by atoms with van der Waals surface area (Å²) in [5, 5.41) is 19.1. The fraction of sp³-hybridized carbons (Fsp3) is 0.333. The van der Waals surface area contributed by atoms with E-state index in [1.54, 1.807) is 0 Å². The summed E-state index contributed by atoms with van der Waals surface area (Å²) in [4.78, 5) is 21.7. The first-order valence-corrected chi connectivity index (χ1v) is 10.1. The molecule has 2 aromatic carbocycles. The molecule has 0 unspecified atom stereocenters. The molecule has 1 aliphatic heterocycles. The standard InChI is InChI=1S/C20H26N2.C4H4O4/c1-16(2)22(19-12-13-21-14-19)15-18-10-6-7-11-20(18)17-8-4-3-5-9-17;5-3(6)1-2-4(7)8/h3-11,16,19,21H,12-15H2,1-2H3;1-2H,(H,5,6)(H,7,8)/b;2-1+/t19-;/m0./s1. The molecule has 1 heterocycles. The van der Waals surface area contributed by atoms with Gasteiger partial charge in [-0.05, 0) is 43.5 Å². The van der Waals surface area contributed by atoms with E-state index in [2.05, 4.69) is 78.7 Å². The van der Waals surface area contributed by atoms with Crippen molar-refractivity contribution in [2.75, 3.05) is 13.1 Å². The zero-order chi connectivity index (χ0) is 21.9. The second-order valence-corrected chi connectivity index (χ2v) is 7.45. The summed E-state index contributed by atoms with van der Waals surface area (Å²) in [6.07, 6.45) is 2.37. The van der Waals surface area contributed by atoms with Crippen molar-refractivity contribution in [2.45, 2.75) is 38.9 Å². The van der Waals surface area contributed by atoms with Crippen LogP contribution in [0.15, 0.2) is 66.7 Å². The van der Waals surface area contributed by atoms with Crippen molar-refractivity contribution < 1.29 is 19.8 Å². The van der Waals surface area contributed by atoms with Crippen LogP contribution in [-0.2, 0) is 16.1 Å². The van der Waals surface area contributed by atoms with Gasteiger partial charge in [0.25, 0.3) is 0 Å². The molecular formula is C24H30N2O4. The van der Waals surface area contributed by atoms with E-state index < -0.39 is 11.9 Å². The third-order valence-corrected chi connectivity index (χ3v) is 4.99. The summed E-state index contributed by atoms with van der Waals surface area (Å²) >= 11 is 0. The monoisotopic (exact) mass is 410 g/mol. The molecule has 0 saturated carbocycles. The fourth-order valence-corrected chi connectivity index (χ4v) is 3.55. The third kappa shape index (κ3) is 7.46. The zero-order valence-electron chi connectivity index (χ0n) is 17.5. The van der Waals surface area contributed by atoms with Crippen molar-refractivity contribution in [1.82, 2.24) is 10.2 Å². The van der Waals surface area contributed by atoms with Crippen molar-refractivity contribution in [2.24, 2.45) is 0 Å². The van der Waals surface area contributed by atoms with Crippen LogP contribution in [0.25, 0.3) is 11.1 Å². The van der Waals surface area contributed by atoms with Gasteiger partial charge in [-0.15, -0.1) is 0 Å². The number of carbonyl (C=O) groups is 2. The molecule has 160 valence electrons. The average molecular weight is 411 g/mol. The van der Waals surface area contributed by atoms with E-state index in [9.17, 15) is 9.59 Å². The van der Waals surface area contributed by atoms with Crippen molar-refractivity contribution in [1.29, 1.82) is 0 Å². The van der Waals surface area contributed by atoms with Crippen LogP contribution in [0.4, 0.5) is 0 Å². The van der Waals surface area contributed by atoms with Gasteiger partial charge in [-0.3, -0.25) is 4.90 Å². The minimum Gasteiger partial charge on any atom is -0.478 e. The van der Waals surface area contributed by atoms with E-state index in [1.165, 1.54) is 23.1 Å². The molecule has 1 saturated heterocycles. The highest BCUT2D eigenvalue weighted by molar-refractivity contribution is 5.89. The summed E-state index contributed by atoms with van der Waals surface area (Å²) < 4.78 is 0. The van der Waals surface area contributed by atoms with E-state index in [-0.39, 0.29) is 0 Å². The normalized spacial score (nSPS) is 15.9. The van der Waals surface area contributed by atoms with E-state index in [1.807, 2.05) is 0 Å². The van der Waals surface area contributed by atoms with E-state index in [0.717, 1.165) is 19.6 Å². The first-order valence-electron chi connectivity index (χ1n) is 10.1. The van der Waals surface area contributed by atoms with Crippen LogP contribution in [0.1, 0.15) is 25.8 Å². The van der Waals surface area contributed by atoms with Crippen molar-refractivity contribution in [3.63, 3.8) is 0 Å². The molecule has 1 aliphatic rings. The van der Waals surface area contributed by atoms with Crippen LogP contribution in [-0.4, -0.2) is 52.2 Å². The number of hydrogen-bond donors (Lipinski definition) is 3. The predicted molar refractivity (Wildman–Crippen MR) is 118 cm³/mol. The molecule has 1 fully saturated rings. The Kier molecular flexibility index (Phi) is 9.25. The Hall–Kier alpha value is -2.96. The number of nitrogens with one attached hydrogen (secondary N) is 1. The molecule has 0 aromatic heterocycles. The number of aliphatic carboxylic acids is 2. The Balaban J connectivity index is 0.000000343. The minimum absolute atomic E-state index is 0.558. The van der Waals surface area contributed by atoms with Gasteiger partial charge < -0.3 is 15.5 Å². The van der Waals surface area contributed by atoms with Crippen LogP contribution >= 0.6 is 0 Å². The molecule has 0 spiro atoms. The van der Waals surface area contributed by atoms with Gasteiger partial charge in [-0.1, -0.05) is 54.6 Å². The van der Waals surface area contributed by atoms with Gasteiger partial charge in [0.1, 0.15) is 0 Å². The minimum atomic E-state index is -1.26. The molecule has 0 aliphatic carbocycles. The lowest BCUT2D eigenvalue weighted by Crippen LogP contribution is -2.41. The summed E-state index contributed by atoms with van der Waals surface area (Å²) in [6.45, 7) is 7.90. The quantitative estimate of drug-likeness (QED) is 0.604. The smallest absolute Gasteiger partial charge is 0.328 e. The predicted octanol–water partition coefficient (Wildman–Crippen LogP) is 3.64. The Morgan fingerprint density at radius 3 is 2.17 bits per heavy atom. The van der Waals surface area contributed by atoms with E-state index in [4.69, 9.17) is 10.2 Å². The molecule has 0 amide bonds. The molecule has 0 bridgehead atoms. The molecule has 2 aromatic rings. The van der Waals surface area contributed by atoms with Gasteiger partial charge in [0.05, 0.1) is 0 Å². The summed E-state index contributed by atoms with van der Waals surface area (Å²) in [5.41, 5.74) is 4.10. The largest absolute Gasteiger partial charge is 0.478 e. The first kappa shape index (κ1) is 23.3. The third-order valence-electron chi connectivity index (χ3n) is 4.99. The lowest BCUT2D eigenvalue weighted by molar-refractivity contribution is -0.134. The second kappa shape index (κ2) is 11.9. The number of hydrogen-bond acceptors (Lipinski definition) is 4. The van der Waals surface area contributed by atoms with Crippen LogP contribution in [0.5, 0.6) is 0 Å². The van der Waals surface area contributed by atoms with Crippen LogP contribution in [0.2, 0.25) is 0 Å². The van der Waals surface area contributed by atoms with Gasteiger partial charge >= 0.3 is 11.9 Å². The molecule has 6 nitrogen and oxygen atoms in total. The Morgan fingerprint density at radius 2 is 1.63 bits per heavy atom. The number of benzene rings is 2. The SMILES string of the molecule is CC(C)N(Cc1ccccc1-c1ccccc1)[C@H]1CCNC1.O=C(O)/C=C/C(=O)O. The molecule has 6 heteroatoms. The highest BCUT2D eigenvalue weighted by atomic mass is 16.4. The Morgan fingerprint density at radius 1 is 1.03 bits per heavy atom. The van der Waals surface area contributed by atoms with Crippen molar-refractivity contribution >= 4 is 11.9 Å². The molecule has 1 atom stereocenters. The van der Waals surface area contributed by atoms with Gasteiger partial charge in [0.15, 0.2) is 0 Å². The maximum Gasteiger partial charge on any atom is 0.328 e. The lowest BCUT2D eigenvalue weighted by atomic mass is 9.98. The number of carboxylic acid groups (broad SMARTS) is 2. The summed E-state index contributed by atoms with van der Waals surface area (Å²) in [5.74, 6) is -2.51.